The monoisotopic (exact) mass is 402 g/mol. The molecule has 2 aromatic carbocycles. The van der Waals surface area contributed by atoms with Crippen LogP contribution in [0.5, 0.6) is 17.2 Å². The standard InChI is InChI=1S/C21H17F3N2O3/c1-14-10-16(7-8-19(14)29-18-6-3-9-25-12-18)26-20(27)13-28-17-5-2-4-15(11-17)21(22,23)24/h2-12H,13H2,1H3,(H,26,27). The molecule has 150 valence electrons. The summed E-state index contributed by atoms with van der Waals surface area (Å²) in [6.07, 6.45) is -1.25. The van der Waals surface area contributed by atoms with Crippen molar-refractivity contribution in [3.8, 4) is 17.2 Å². The van der Waals surface area contributed by atoms with Gasteiger partial charge in [-0.05, 0) is 61.0 Å². The second-order valence-corrected chi connectivity index (χ2v) is 6.13. The lowest BCUT2D eigenvalue weighted by Crippen LogP contribution is -2.20. The summed E-state index contributed by atoms with van der Waals surface area (Å²) in [6.45, 7) is 1.40. The highest BCUT2D eigenvalue weighted by Crippen LogP contribution is 2.31. The number of carbonyl (C=O) groups excluding carboxylic acids is 1. The van der Waals surface area contributed by atoms with Crippen molar-refractivity contribution in [2.45, 2.75) is 13.1 Å². The number of alkyl halides is 3. The fourth-order valence-electron chi connectivity index (χ4n) is 2.48. The van der Waals surface area contributed by atoms with Crippen LogP contribution >= 0.6 is 0 Å². The number of hydrogen-bond acceptors (Lipinski definition) is 4. The van der Waals surface area contributed by atoms with Gasteiger partial charge in [0, 0.05) is 11.9 Å². The third-order valence-corrected chi connectivity index (χ3v) is 3.85. The zero-order chi connectivity index (χ0) is 20.9. The molecule has 5 nitrogen and oxygen atoms in total. The predicted octanol–water partition coefficient (Wildman–Crippen LogP) is 5.22. The molecule has 1 aromatic heterocycles. The highest BCUT2D eigenvalue weighted by Gasteiger charge is 2.30. The summed E-state index contributed by atoms with van der Waals surface area (Å²) < 4.78 is 49.0. The Hall–Kier alpha value is -3.55. The van der Waals surface area contributed by atoms with Crippen LogP contribution in [0.15, 0.2) is 67.0 Å². The van der Waals surface area contributed by atoms with Gasteiger partial charge in [0.1, 0.15) is 17.2 Å². The van der Waals surface area contributed by atoms with Crippen molar-refractivity contribution in [3.05, 3.63) is 78.1 Å². The molecule has 1 amide bonds. The Morgan fingerprint density at radius 3 is 2.55 bits per heavy atom. The lowest BCUT2D eigenvalue weighted by molar-refractivity contribution is -0.137. The molecule has 29 heavy (non-hydrogen) atoms. The molecule has 0 aliphatic heterocycles. The van der Waals surface area contributed by atoms with E-state index in [9.17, 15) is 18.0 Å². The van der Waals surface area contributed by atoms with Crippen LogP contribution in [-0.4, -0.2) is 17.5 Å². The molecule has 0 aliphatic rings. The number of amides is 1. The number of benzene rings is 2. The third-order valence-electron chi connectivity index (χ3n) is 3.85. The van der Waals surface area contributed by atoms with Gasteiger partial charge in [-0.1, -0.05) is 6.07 Å². The zero-order valence-electron chi connectivity index (χ0n) is 15.4. The largest absolute Gasteiger partial charge is 0.484 e. The Kier molecular flexibility index (Phi) is 6.01. The minimum atomic E-state index is -4.47. The highest BCUT2D eigenvalue weighted by molar-refractivity contribution is 5.92. The zero-order valence-corrected chi connectivity index (χ0v) is 15.4. The van der Waals surface area contributed by atoms with Crippen molar-refractivity contribution in [1.82, 2.24) is 4.98 Å². The number of aromatic nitrogens is 1. The molecule has 3 rings (SSSR count). The maximum Gasteiger partial charge on any atom is 0.416 e. The van der Waals surface area contributed by atoms with Gasteiger partial charge in [-0.2, -0.15) is 13.2 Å². The average Bonchev–Trinajstić information content (AvgIpc) is 2.69. The lowest BCUT2D eigenvalue weighted by atomic mass is 10.2. The van der Waals surface area contributed by atoms with Gasteiger partial charge < -0.3 is 14.8 Å². The van der Waals surface area contributed by atoms with Crippen LogP contribution in [0.2, 0.25) is 0 Å². The first kappa shape index (κ1) is 20.2. The highest BCUT2D eigenvalue weighted by atomic mass is 19.4. The van der Waals surface area contributed by atoms with Gasteiger partial charge in [-0.15, -0.1) is 0 Å². The molecule has 0 atom stereocenters. The van der Waals surface area contributed by atoms with E-state index in [1.165, 1.54) is 12.1 Å². The molecular weight excluding hydrogens is 385 g/mol. The molecular formula is C21H17F3N2O3. The summed E-state index contributed by atoms with van der Waals surface area (Å²) in [7, 11) is 0. The minimum absolute atomic E-state index is 0.0358. The molecule has 0 bridgehead atoms. The van der Waals surface area contributed by atoms with E-state index in [0.717, 1.165) is 17.7 Å². The van der Waals surface area contributed by atoms with Crippen molar-refractivity contribution >= 4 is 11.6 Å². The number of nitrogens with one attached hydrogen (secondary N) is 1. The molecule has 8 heteroatoms. The maximum atomic E-state index is 12.7. The normalized spacial score (nSPS) is 11.0. The maximum absolute atomic E-state index is 12.7. The Labute approximate surface area is 165 Å². The van der Waals surface area contributed by atoms with E-state index in [0.29, 0.717) is 17.2 Å². The minimum Gasteiger partial charge on any atom is -0.484 e. The van der Waals surface area contributed by atoms with Crippen LogP contribution in [0.3, 0.4) is 0 Å². The van der Waals surface area contributed by atoms with E-state index in [-0.39, 0.29) is 5.75 Å². The third kappa shape index (κ3) is 5.71. The number of rotatable bonds is 6. The fraction of sp³-hybridized carbons (Fsp3) is 0.143. The second kappa shape index (κ2) is 8.64. The summed E-state index contributed by atoms with van der Waals surface area (Å²) in [6, 6.07) is 13.0. The fourth-order valence-corrected chi connectivity index (χ4v) is 2.48. The van der Waals surface area contributed by atoms with Crippen molar-refractivity contribution in [1.29, 1.82) is 0 Å². The van der Waals surface area contributed by atoms with Crippen LogP contribution in [0, 0.1) is 6.92 Å². The van der Waals surface area contributed by atoms with Gasteiger partial charge in [0.15, 0.2) is 6.61 Å². The molecule has 1 heterocycles. The Bertz CT molecular complexity index is 992. The first-order valence-electron chi connectivity index (χ1n) is 8.60. The first-order valence-corrected chi connectivity index (χ1v) is 8.60. The van der Waals surface area contributed by atoms with Crippen LogP contribution in [0.25, 0.3) is 0 Å². The second-order valence-electron chi connectivity index (χ2n) is 6.13. The van der Waals surface area contributed by atoms with E-state index in [2.05, 4.69) is 10.3 Å². The van der Waals surface area contributed by atoms with Crippen LogP contribution in [0.1, 0.15) is 11.1 Å². The lowest BCUT2D eigenvalue weighted by Gasteiger charge is -2.12. The molecule has 0 aliphatic carbocycles. The molecule has 3 aromatic rings. The van der Waals surface area contributed by atoms with Crippen LogP contribution in [0.4, 0.5) is 18.9 Å². The van der Waals surface area contributed by atoms with Crippen molar-refractivity contribution in [2.75, 3.05) is 11.9 Å². The number of hydrogen-bond donors (Lipinski definition) is 1. The smallest absolute Gasteiger partial charge is 0.416 e. The Balaban J connectivity index is 1.57. The molecule has 0 spiro atoms. The summed E-state index contributed by atoms with van der Waals surface area (Å²) in [4.78, 5) is 16.0. The van der Waals surface area contributed by atoms with E-state index in [1.54, 1.807) is 42.7 Å². The number of ether oxygens (including phenoxy) is 2. The average molecular weight is 402 g/mol. The number of pyridine rings is 1. The number of nitrogens with zero attached hydrogens (tertiary/aromatic N) is 1. The molecule has 0 unspecified atom stereocenters. The predicted molar refractivity (Wildman–Crippen MR) is 101 cm³/mol. The van der Waals surface area contributed by atoms with Crippen LogP contribution < -0.4 is 14.8 Å². The Morgan fingerprint density at radius 1 is 1.07 bits per heavy atom. The molecule has 1 N–H and O–H groups in total. The van der Waals surface area contributed by atoms with Crippen molar-refractivity contribution in [3.63, 3.8) is 0 Å². The topological polar surface area (TPSA) is 60.5 Å². The summed E-state index contributed by atoms with van der Waals surface area (Å²) in [5.74, 6) is 0.659. The summed E-state index contributed by atoms with van der Waals surface area (Å²) >= 11 is 0. The van der Waals surface area contributed by atoms with Gasteiger partial charge in [0.25, 0.3) is 5.91 Å². The number of halogens is 3. The molecule has 0 radical (unpaired) electrons. The van der Waals surface area contributed by atoms with Crippen molar-refractivity contribution < 1.29 is 27.4 Å². The quantitative estimate of drug-likeness (QED) is 0.614. The van der Waals surface area contributed by atoms with Gasteiger partial charge in [0.05, 0.1) is 11.8 Å². The van der Waals surface area contributed by atoms with Crippen LogP contribution in [-0.2, 0) is 11.0 Å². The van der Waals surface area contributed by atoms with Gasteiger partial charge in [-0.3, -0.25) is 9.78 Å². The number of aryl methyl sites for hydroxylation is 1. The van der Waals surface area contributed by atoms with Crippen molar-refractivity contribution in [2.24, 2.45) is 0 Å². The summed E-state index contributed by atoms with van der Waals surface area (Å²) in [5.41, 5.74) is 0.458. The van der Waals surface area contributed by atoms with Gasteiger partial charge >= 0.3 is 6.18 Å². The van der Waals surface area contributed by atoms with E-state index in [4.69, 9.17) is 9.47 Å². The van der Waals surface area contributed by atoms with Gasteiger partial charge in [0.2, 0.25) is 0 Å². The first-order chi connectivity index (χ1) is 13.8. The summed E-state index contributed by atoms with van der Waals surface area (Å²) in [5, 5.41) is 2.63. The van der Waals surface area contributed by atoms with E-state index >= 15 is 0 Å². The molecule has 0 fully saturated rings. The Morgan fingerprint density at radius 2 is 1.86 bits per heavy atom. The van der Waals surface area contributed by atoms with E-state index < -0.39 is 24.3 Å². The van der Waals surface area contributed by atoms with Gasteiger partial charge in [-0.25, -0.2) is 0 Å². The number of carbonyl (C=O) groups is 1. The number of anilines is 1. The molecule has 0 saturated carbocycles. The SMILES string of the molecule is Cc1cc(NC(=O)COc2cccc(C(F)(F)F)c2)ccc1Oc1cccnc1. The molecule has 0 saturated heterocycles. The van der Waals surface area contributed by atoms with E-state index in [1.807, 2.05) is 6.92 Å².